The first-order valence-electron chi connectivity index (χ1n) is 16.0. The van der Waals surface area contributed by atoms with Crippen molar-refractivity contribution >= 4 is 23.9 Å². The molecule has 13 heteroatoms. The Morgan fingerprint density at radius 3 is 2.56 bits per heavy atom. The molecule has 3 heterocycles. The lowest BCUT2D eigenvalue weighted by Crippen LogP contribution is -2.69. The van der Waals surface area contributed by atoms with Gasteiger partial charge in [-0.3, -0.25) is 19.2 Å². The highest BCUT2D eigenvalue weighted by molar-refractivity contribution is 5.94. The second kappa shape index (κ2) is 12.3. The molecule has 6 unspecified atom stereocenters. The molecule has 6 aliphatic rings. The second-order valence-corrected chi connectivity index (χ2v) is 12.9. The van der Waals surface area contributed by atoms with Crippen LogP contribution in [0.2, 0.25) is 0 Å². The van der Waals surface area contributed by atoms with Crippen LogP contribution < -0.4 is 10.6 Å². The van der Waals surface area contributed by atoms with Crippen LogP contribution >= 0.6 is 0 Å². The standard InChI is InChI=1S/C32H41N3O10/c36-12-11-33-24(38)8-10-34-30(40)31-17-23-25-26(44-32(43-25,21-4-5-21)22-6-7-22)28(31)45-35(27(31)29(39)42-23)18-20-3-1-2-19(16-20)9-14-41-15-13-37/h1-3,9,14,16,21-23,25-28,36-37H,4-8,10-13,15,17-18H2,(H,33,38)(H,34,40). The Labute approximate surface area is 261 Å². The molecule has 0 spiro atoms. The Balaban J connectivity index is 1.17. The van der Waals surface area contributed by atoms with Gasteiger partial charge in [-0.05, 0) is 42.9 Å². The van der Waals surface area contributed by atoms with Gasteiger partial charge in [-0.1, -0.05) is 24.3 Å². The van der Waals surface area contributed by atoms with Crippen molar-refractivity contribution in [2.45, 2.75) is 81.3 Å². The van der Waals surface area contributed by atoms with E-state index in [0.717, 1.165) is 36.8 Å². The highest BCUT2D eigenvalue weighted by Gasteiger charge is 2.78. The van der Waals surface area contributed by atoms with Crippen molar-refractivity contribution in [1.29, 1.82) is 0 Å². The molecule has 2 bridgehead atoms. The van der Waals surface area contributed by atoms with E-state index in [9.17, 15) is 14.4 Å². The van der Waals surface area contributed by atoms with E-state index in [1.807, 2.05) is 24.3 Å². The minimum absolute atomic E-state index is 0.0239. The van der Waals surface area contributed by atoms with Gasteiger partial charge in [0.2, 0.25) is 11.8 Å². The van der Waals surface area contributed by atoms with E-state index in [2.05, 4.69) is 10.6 Å². The number of hydrogen-bond acceptors (Lipinski definition) is 11. The molecule has 4 N–H and O–H groups in total. The van der Waals surface area contributed by atoms with Crippen molar-refractivity contribution in [3.05, 3.63) is 41.7 Å². The van der Waals surface area contributed by atoms with Gasteiger partial charge >= 0.3 is 5.97 Å². The van der Waals surface area contributed by atoms with Gasteiger partial charge in [0.25, 0.3) is 0 Å². The van der Waals surface area contributed by atoms with E-state index in [1.165, 1.54) is 6.26 Å². The van der Waals surface area contributed by atoms with Crippen molar-refractivity contribution < 1.29 is 48.4 Å². The summed E-state index contributed by atoms with van der Waals surface area (Å²) in [5, 5.41) is 25.0. The maximum Gasteiger partial charge on any atom is 0.327 e. The van der Waals surface area contributed by atoms with Crippen molar-refractivity contribution in [1.82, 2.24) is 15.7 Å². The number of nitrogens with zero attached hydrogens (tertiary/aromatic N) is 1. The summed E-state index contributed by atoms with van der Waals surface area (Å²) in [6.45, 7) is 0.329. The third-order valence-corrected chi connectivity index (χ3v) is 9.83. The van der Waals surface area contributed by atoms with Gasteiger partial charge in [0.1, 0.15) is 36.4 Å². The van der Waals surface area contributed by atoms with Gasteiger partial charge in [0.05, 0.1) is 26.0 Å². The molecule has 3 saturated carbocycles. The van der Waals surface area contributed by atoms with Crippen LogP contribution in [0.15, 0.2) is 30.5 Å². The van der Waals surface area contributed by atoms with Crippen LogP contribution in [0.5, 0.6) is 0 Å². The molecule has 1 aromatic carbocycles. The molecule has 7 rings (SSSR count). The minimum Gasteiger partial charge on any atom is -0.499 e. The fourth-order valence-corrected chi connectivity index (χ4v) is 7.63. The molecule has 2 amide bonds. The number of rotatable bonds is 14. The van der Waals surface area contributed by atoms with Gasteiger partial charge in [-0.15, -0.1) is 0 Å². The van der Waals surface area contributed by atoms with Crippen molar-refractivity contribution in [3.8, 4) is 0 Å². The molecule has 6 atom stereocenters. The Kier molecular flexibility index (Phi) is 8.34. The zero-order valence-corrected chi connectivity index (χ0v) is 25.1. The van der Waals surface area contributed by atoms with E-state index in [-0.39, 0.29) is 75.9 Å². The lowest BCUT2D eigenvalue weighted by molar-refractivity contribution is -0.235. The zero-order valence-electron chi connectivity index (χ0n) is 25.1. The van der Waals surface area contributed by atoms with E-state index >= 15 is 0 Å². The van der Waals surface area contributed by atoms with Gasteiger partial charge in [-0.2, -0.15) is 5.06 Å². The average molecular weight is 628 g/mol. The van der Waals surface area contributed by atoms with Crippen LogP contribution in [0.1, 0.15) is 49.7 Å². The predicted octanol–water partition coefficient (Wildman–Crippen LogP) is 0.381. The molecule has 13 nitrogen and oxygen atoms in total. The highest BCUT2D eigenvalue weighted by Crippen LogP contribution is 2.63. The van der Waals surface area contributed by atoms with E-state index in [4.69, 9.17) is 34.0 Å². The Morgan fingerprint density at radius 2 is 1.82 bits per heavy atom. The molecule has 45 heavy (non-hydrogen) atoms. The average Bonchev–Trinajstić information content (AvgIpc) is 3.98. The van der Waals surface area contributed by atoms with Crippen LogP contribution in [0, 0.1) is 17.3 Å². The first-order chi connectivity index (χ1) is 21.9. The van der Waals surface area contributed by atoms with Crippen molar-refractivity contribution in [3.63, 3.8) is 0 Å². The molecule has 0 radical (unpaired) electrons. The summed E-state index contributed by atoms with van der Waals surface area (Å²) in [6, 6.07) is 6.60. The van der Waals surface area contributed by atoms with Gasteiger partial charge < -0.3 is 39.8 Å². The quantitative estimate of drug-likeness (QED) is 0.128. The number of hydrogen-bond donors (Lipinski definition) is 4. The van der Waals surface area contributed by atoms with Gasteiger partial charge in [0.15, 0.2) is 11.8 Å². The number of carbonyl (C=O) groups is 3. The number of ether oxygens (including phenoxy) is 4. The molecular formula is C32H41N3O10. The number of fused-ring (bicyclic) bond motifs is 4. The maximum absolute atomic E-state index is 14.3. The smallest absolute Gasteiger partial charge is 0.327 e. The number of benzene rings is 1. The van der Waals surface area contributed by atoms with Crippen LogP contribution in [-0.4, -0.2) is 102 Å². The number of nitrogens with one attached hydrogen (secondary N) is 2. The highest BCUT2D eigenvalue weighted by atomic mass is 16.8. The number of aliphatic hydroxyl groups excluding tert-OH is 2. The predicted molar refractivity (Wildman–Crippen MR) is 155 cm³/mol. The number of esters is 1. The monoisotopic (exact) mass is 627 g/mol. The minimum atomic E-state index is -1.31. The summed E-state index contributed by atoms with van der Waals surface area (Å²) in [5.41, 5.74) is 0.381. The lowest BCUT2D eigenvalue weighted by atomic mass is 9.62. The third-order valence-electron chi connectivity index (χ3n) is 9.83. The lowest BCUT2D eigenvalue weighted by Gasteiger charge is -2.48. The number of aliphatic hydroxyl groups is 2. The topological polar surface area (TPSA) is 165 Å². The largest absolute Gasteiger partial charge is 0.499 e. The van der Waals surface area contributed by atoms with Gasteiger partial charge in [-0.25, -0.2) is 0 Å². The number of amides is 2. The van der Waals surface area contributed by atoms with Crippen LogP contribution in [-0.2, 0) is 44.7 Å². The van der Waals surface area contributed by atoms with Gasteiger partial charge in [0, 0.05) is 37.8 Å². The molecule has 3 saturated heterocycles. The molecule has 6 fully saturated rings. The summed E-state index contributed by atoms with van der Waals surface area (Å²) in [4.78, 5) is 46.9. The van der Waals surface area contributed by atoms with Crippen LogP contribution in [0.3, 0.4) is 0 Å². The van der Waals surface area contributed by atoms with Crippen molar-refractivity contribution in [2.24, 2.45) is 17.3 Å². The fourth-order valence-electron chi connectivity index (χ4n) is 7.63. The normalized spacial score (nSPS) is 33.1. The first kappa shape index (κ1) is 30.6. The Hall–Kier alpha value is -3.07. The summed E-state index contributed by atoms with van der Waals surface area (Å²) >= 11 is 0. The molecule has 244 valence electrons. The fraction of sp³-hybridized carbons (Fsp3) is 0.656. The first-order valence-corrected chi connectivity index (χ1v) is 16.0. The summed E-state index contributed by atoms with van der Waals surface area (Å²) in [7, 11) is 0. The van der Waals surface area contributed by atoms with Crippen LogP contribution in [0.4, 0.5) is 0 Å². The number of hydroxylamine groups is 2. The summed E-state index contributed by atoms with van der Waals surface area (Å²) < 4.78 is 24.9. The maximum atomic E-state index is 14.3. The molecule has 3 aliphatic carbocycles. The van der Waals surface area contributed by atoms with E-state index < -0.39 is 47.6 Å². The summed E-state index contributed by atoms with van der Waals surface area (Å²) in [6.07, 6.45) is 4.98. The van der Waals surface area contributed by atoms with E-state index in [1.54, 1.807) is 11.1 Å². The SMILES string of the molecule is O=C(CCNC(=O)C12CC3OC(=O)C1N(Cc1cccc(C=COCCO)c1)OC2C1OC(C2CC2)(C2CC2)OC31)NCCO. The van der Waals surface area contributed by atoms with Crippen molar-refractivity contribution in [2.75, 3.05) is 32.9 Å². The third kappa shape index (κ3) is 5.53. The molecule has 1 aromatic rings. The molecule has 0 aromatic heterocycles. The Morgan fingerprint density at radius 1 is 1.04 bits per heavy atom. The number of carbonyl (C=O) groups excluding carboxylic acids is 3. The Bertz CT molecular complexity index is 1320. The van der Waals surface area contributed by atoms with Crippen LogP contribution in [0.25, 0.3) is 6.08 Å². The second-order valence-electron chi connectivity index (χ2n) is 12.9. The molecular weight excluding hydrogens is 586 g/mol. The zero-order chi connectivity index (χ0) is 31.2. The molecule has 3 aliphatic heterocycles. The summed E-state index contributed by atoms with van der Waals surface area (Å²) in [5.74, 6) is -1.42. The van der Waals surface area contributed by atoms with E-state index in [0.29, 0.717) is 0 Å².